The van der Waals surface area contributed by atoms with E-state index in [1.807, 2.05) is 7.05 Å². The van der Waals surface area contributed by atoms with Crippen molar-refractivity contribution in [1.29, 1.82) is 0 Å². The molecule has 1 rings (SSSR count). The van der Waals surface area contributed by atoms with E-state index in [9.17, 15) is 0 Å². The number of alkyl halides is 1. The van der Waals surface area contributed by atoms with E-state index < -0.39 is 0 Å². The van der Waals surface area contributed by atoms with Crippen LogP contribution in [0.1, 0.15) is 25.3 Å². The second-order valence-corrected chi connectivity index (χ2v) is 4.00. The molecule has 84 valence electrons. The topological polar surface area (TPSA) is 29.0 Å². The second-order valence-electron chi connectivity index (χ2n) is 3.38. The minimum absolute atomic E-state index is 0.339. The van der Waals surface area contributed by atoms with Crippen LogP contribution in [-0.4, -0.2) is 23.6 Å². The van der Waals surface area contributed by atoms with E-state index in [1.165, 1.54) is 6.33 Å². The Morgan fingerprint density at radius 2 is 2.13 bits per heavy atom. The Morgan fingerprint density at radius 1 is 1.40 bits per heavy atom. The number of hydrogen-bond acceptors (Lipinski definition) is 3. The number of anilines is 1. The lowest BCUT2D eigenvalue weighted by Crippen LogP contribution is -2.21. The molecule has 0 bridgehead atoms. The van der Waals surface area contributed by atoms with E-state index in [0.717, 1.165) is 30.8 Å². The molecule has 1 aromatic rings. The highest BCUT2D eigenvalue weighted by Gasteiger charge is 2.12. The zero-order valence-electron chi connectivity index (χ0n) is 9.00. The van der Waals surface area contributed by atoms with Gasteiger partial charge in [-0.3, -0.25) is 0 Å². The monoisotopic (exact) mass is 247 g/mol. The molecule has 5 heteroatoms. The number of halogens is 2. The maximum absolute atomic E-state index is 5.95. The smallest absolute Gasteiger partial charge is 0.138 e. The highest BCUT2D eigenvalue weighted by atomic mass is 35.5. The van der Waals surface area contributed by atoms with Gasteiger partial charge in [0.25, 0.3) is 0 Å². The molecule has 0 aliphatic heterocycles. The Bertz CT molecular complexity index is 318. The van der Waals surface area contributed by atoms with E-state index in [1.54, 1.807) is 0 Å². The molecule has 0 fully saturated rings. The fourth-order valence-electron chi connectivity index (χ4n) is 1.33. The fourth-order valence-corrected chi connectivity index (χ4v) is 1.84. The lowest BCUT2D eigenvalue weighted by atomic mass is 10.3. The molecule has 1 heterocycles. The third-order valence-corrected chi connectivity index (χ3v) is 2.81. The summed E-state index contributed by atoms with van der Waals surface area (Å²) in [5, 5.41) is 0.443. The van der Waals surface area contributed by atoms with Crippen molar-refractivity contribution in [3.63, 3.8) is 0 Å². The highest BCUT2D eigenvalue weighted by molar-refractivity contribution is 6.31. The van der Waals surface area contributed by atoms with E-state index >= 15 is 0 Å². The fraction of sp³-hybridized carbons (Fsp3) is 0.600. The predicted molar refractivity (Wildman–Crippen MR) is 64.8 cm³/mol. The summed E-state index contributed by atoms with van der Waals surface area (Å²) >= 11 is 11.8. The minimum Gasteiger partial charge on any atom is -0.359 e. The molecule has 0 aliphatic carbocycles. The Morgan fingerprint density at radius 3 is 2.73 bits per heavy atom. The Hall–Kier alpha value is -0.540. The summed E-state index contributed by atoms with van der Waals surface area (Å²) in [6, 6.07) is 0. The summed E-state index contributed by atoms with van der Waals surface area (Å²) in [6.07, 6.45) is 3.75. The molecule has 0 aromatic carbocycles. The second kappa shape index (κ2) is 6.13. The van der Waals surface area contributed by atoms with Crippen molar-refractivity contribution in [3.8, 4) is 0 Å². The zero-order valence-corrected chi connectivity index (χ0v) is 10.5. The maximum atomic E-state index is 5.95. The van der Waals surface area contributed by atoms with Crippen LogP contribution in [0.5, 0.6) is 0 Å². The molecule has 0 unspecified atom stereocenters. The van der Waals surface area contributed by atoms with Crippen LogP contribution in [0.4, 0.5) is 5.82 Å². The first kappa shape index (κ1) is 12.5. The van der Waals surface area contributed by atoms with Crippen molar-refractivity contribution in [1.82, 2.24) is 9.97 Å². The first-order chi connectivity index (χ1) is 7.20. The van der Waals surface area contributed by atoms with Gasteiger partial charge >= 0.3 is 0 Å². The van der Waals surface area contributed by atoms with Crippen LogP contribution in [-0.2, 0) is 5.88 Å². The number of nitrogens with zero attached hydrogens (tertiary/aromatic N) is 3. The Kier molecular flexibility index (Phi) is 5.12. The molecule has 0 saturated carbocycles. The Labute approximate surface area is 100 Å². The summed E-state index contributed by atoms with van der Waals surface area (Å²) in [5.41, 5.74) is 0.805. The van der Waals surface area contributed by atoms with E-state index in [2.05, 4.69) is 21.8 Å². The van der Waals surface area contributed by atoms with E-state index in [4.69, 9.17) is 23.2 Å². The molecule has 0 saturated heterocycles. The van der Waals surface area contributed by atoms with Gasteiger partial charge in [0, 0.05) is 19.2 Å². The number of aromatic nitrogens is 2. The molecule has 0 radical (unpaired) electrons. The normalized spacial score (nSPS) is 10.4. The van der Waals surface area contributed by atoms with Crippen molar-refractivity contribution >= 4 is 29.0 Å². The number of unbranched alkanes of at least 4 members (excludes halogenated alkanes) is 1. The predicted octanol–water partition coefficient (Wildman–Crippen LogP) is 3.11. The lowest BCUT2D eigenvalue weighted by Gasteiger charge is -2.20. The van der Waals surface area contributed by atoms with Crippen molar-refractivity contribution < 1.29 is 0 Å². The molecule has 15 heavy (non-hydrogen) atoms. The van der Waals surface area contributed by atoms with Crippen molar-refractivity contribution in [2.75, 3.05) is 18.5 Å². The molecule has 1 aromatic heterocycles. The van der Waals surface area contributed by atoms with Gasteiger partial charge in [-0.15, -0.1) is 11.6 Å². The first-order valence-electron chi connectivity index (χ1n) is 4.97. The largest absolute Gasteiger partial charge is 0.359 e. The van der Waals surface area contributed by atoms with Crippen LogP contribution in [0.2, 0.25) is 5.15 Å². The number of hydrogen-bond donors (Lipinski definition) is 0. The van der Waals surface area contributed by atoms with Gasteiger partial charge in [-0.25, -0.2) is 9.97 Å². The average molecular weight is 248 g/mol. The van der Waals surface area contributed by atoms with Gasteiger partial charge in [0.15, 0.2) is 0 Å². The molecular formula is C10H15Cl2N3. The van der Waals surface area contributed by atoms with Gasteiger partial charge in [-0.2, -0.15) is 0 Å². The van der Waals surface area contributed by atoms with Crippen LogP contribution in [0.25, 0.3) is 0 Å². The van der Waals surface area contributed by atoms with E-state index in [-0.39, 0.29) is 0 Å². The molecule has 0 aliphatic rings. The van der Waals surface area contributed by atoms with Crippen LogP contribution < -0.4 is 4.90 Å². The summed E-state index contributed by atoms with van der Waals surface area (Å²) in [7, 11) is 1.99. The van der Waals surface area contributed by atoms with Crippen LogP contribution in [0.15, 0.2) is 6.33 Å². The average Bonchev–Trinajstić information content (AvgIpc) is 2.25. The third-order valence-electron chi connectivity index (χ3n) is 2.21. The molecular weight excluding hydrogens is 233 g/mol. The highest BCUT2D eigenvalue weighted by Crippen LogP contribution is 2.24. The molecule has 0 N–H and O–H groups in total. The van der Waals surface area contributed by atoms with Gasteiger partial charge in [0.2, 0.25) is 0 Å². The molecule has 0 spiro atoms. The van der Waals surface area contributed by atoms with Crippen LogP contribution in [0.3, 0.4) is 0 Å². The Balaban J connectivity index is 2.87. The lowest BCUT2D eigenvalue weighted by molar-refractivity contribution is 0.755. The third kappa shape index (κ3) is 3.21. The first-order valence-corrected chi connectivity index (χ1v) is 5.88. The van der Waals surface area contributed by atoms with Gasteiger partial charge in [0.05, 0.1) is 5.88 Å². The van der Waals surface area contributed by atoms with Gasteiger partial charge < -0.3 is 4.90 Å². The van der Waals surface area contributed by atoms with Crippen LogP contribution in [0, 0.1) is 0 Å². The SMILES string of the molecule is CCCCN(C)c1ncnc(Cl)c1CCl. The summed E-state index contributed by atoms with van der Waals surface area (Å²) < 4.78 is 0. The van der Waals surface area contributed by atoms with E-state index in [0.29, 0.717) is 11.0 Å². The molecule has 0 atom stereocenters. The maximum Gasteiger partial charge on any atom is 0.138 e. The summed E-state index contributed by atoms with van der Waals surface area (Å²) in [5.74, 6) is 1.17. The minimum atomic E-state index is 0.339. The molecule has 3 nitrogen and oxygen atoms in total. The number of rotatable bonds is 5. The molecule has 0 amide bonds. The standard InChI is InChI=1S/C10H15Cl2N3/c1-3-4-5-15(2)10-8(6-11)9(12)13-7-14-10/h7H,3-6H2,1-2H3. The summed E-state index contributed by atoms with van der Waals surface area (Å²) in [6.45, 7) is 3.11. The van der Waals surface area contributed by atoms with Gasteiger partial charge in [-0.1, -0.05) is 24.9 Å². The summed E-state index contributed by atoms with van der Waals surface area (Å²) in [4.78, 5) is 10.2. The quantitative estimate of drug-likeness (QED) is 0.592. The van der Waals surface area contributed by atoms with Gasteiger partial charge in [-0.05, 0) is 6.42 Å². The van der Waals surface area contributed by atoms with Gasteiger partial charge in [0.1, 0.15) is 17.3 Å². The van der Waals surface area contributed by atoms with Crippen LogP contribution >= 0.6 is 23.2 Å². The van der Waals surface area contributed by atoms with Crippen molar-refractivity contribution in [2.24, 2.45) is 0 Å². The van der Waals surface area contributed by atoms with Crippen molar-refractivity contribution in [3.05, 3.63) is 17.0 Å². The zero-order chi connectivity index (χ0) is 11.3. The van der Waals surface area contributed by atoms with Crippen molar-refractivity contribution in [2.45, 2.75) is 25.6 Å².